The van der Waals surface area contributed by atoms with E-state index in [2.05, 4.69) is 5.32 Å². The quantitative estimate of drug-likeness (QED) is 0.927. The fourth-order valence-electron chi connectivity index (χ4n) is 3.52. The molecule has 0 amide bonds. The summed E-state index contributed by atoms with van der Waals surface area (Å²) in [6.45, 7) is 3.76. The fourth-order valence-corrected chi connectivity index (χ4v) is 5.00. The summed E-state index contributed by atoms with van der Waals surface area (Å²) in [5.74, 6) is 0.0924. The average molecular weight is 326 g/mol. The molecule has 1 unspecified atom stereocenters. The van der Waals surface area contributed by atoms with E-state index in [1.165, 1.54) is 29.3 Å². The summed E-state index contributed by atoms with van der Waals surface area (Å²) >= 11 is 0. The molecule has 0 spiro atoms. The average Bonchev–Trinajstić information content (AvgIpc) is 3.04. The number of halogens is 1. The second-order valence-corrected chi connectivity index (χ2v) is 8.29. The third-order valence-electron chi connectivity index (χ3n) is 4.95. The number of piperidine rings is 1. The highest BCUT2D eigenvalue weighted by Crippen LogP contribution is 2.29. The largest absolute Gasteiger partial charge is 0.314 e. The fraction of sp³-hybridized carbons (Fsp3) is 0.625. The van der Waals surface area contributed by atoms with Crippen molar-refractivity contribution in [2.45, 2.75) is 43.5 Å². The SMILES string of the molecule is Cc1ccc(S(=O)(=O)N2CCC(C3CCCN3)CC2)cc1F. The monoisotopic (exact) mass is 326 g/mol. The molecule has 2 saturated heterocycles. The molecule has 0 aromatic heterocycles. The number of aryl methyl sites for hydroxylation is 1. The van der Waals surface area contributed by atoms with Crippen LogP contribution in [0.5, 0.6) is 0 Å². The molecule has 2 aliphatic heterocycles. The predicted molar refractivity (Wildman–Crippen MR) is 83.6 cm³/mol. The van der Waals surface area contributed by atoms with E-state index in [4.69, 9.17) is 0 Å². The Bertz CT molecular complexity index is 634. The van der Waals surface area contributed by atoms with Crippen LogP contribution in [0.15, 0.2) is 23.1 Å². The van der Waals surface area contributed by atoms with E-state index in [9.17, 15) is 12.8 Å². The number of sulfonamides is 1. The summed E-state index contributed by atoms with van der Waals surface area (Å²) in [5, 5.41) is 3.51. The van der Waals surface area contributed by atoms with Crippen molar-refractivity contribution in [1.29, 1.82) is 0 Å². The molecule has 3 rings (SSSR count). The molecule has 1 atom stereocenters. The first-order chi connectivity index (χ1) is 10.5. The summed E-state index contributed by atoms with van der Waals surface area (Å²) < 4.78 is 40.4. The second kappa shape index (κ2) is 6.26. The molecule has 1 aromatic carbocycles. The first-order valence-electron chi connectivity index (χ1n) is 7.98. The maximum Gasteiger partial charge on any atom is 0.243 e. The van der Waals surface area contributed by atoms with E-state index < -0.39 is 15.8 Å². The van der Waals surface area contributed by atoms with Crippen LogP contribution in [0.1, 0.15) is 31.2 Å². The van der Waals surface area contributed by atoms with E-state index in [1.807, 2.05) is 0 Å². The Hall–Kier alpha value is -0.980. The minimum atomic E-state index is -3.58. The summed E-state index contributed by atoms with van der Waals surface area (Å²) in [7, 11) is -3.58. The van der Waals surface area contributed by atoms with Gasteiger partial charge in [-0.2, -0.15) is 4.31 Å². The number of nitrogens with zero attached hydrogens (tertiary/aromatic N) is 1. The third kappa shape index (κ3) is 3.05. The first-order valence-corrected chi connectivity index (χ1v) is 9.42. The van der Waals surface area contributed by atoms with Gasteiger partial charge in [0, 0.05) is 19.1 Å². The van der Waals surface area contributed by atoms with Gasteiger partial charge in [-0.1, -0.05) is 6.07 Å². The molecule has 1 N–H and O–H groups in total. The molecule has 0 aliphatic carbocycles. The molecular weight excluding hydrogens is 303 g/mol. The normalized spacial score (nSPS) is 24.7. The Labute approximate surface area is 131 Å². The molecule has 6 heteroatoms. The van der Waals surface area contributed by atoms with Gasteiger partial charge in [-0.25, -0.2) is 12.8 Å². The van der Waals surface area contributed by atoms with Crippen LogP contribution in [0.25, 0.3) is 0 Å². The lowest BCUT2D eigenvalue weighted by Gasteiger charge is -2.34. The van der Waals surface area contributed by atoms with Gasteiger partial charge in [0.25, 0.3) is 0 Å². The molecule has 2 fully saturated rings. The molecule has 2 heterocycles. The highest BCUT2D eigenvalue weighted by atomic mass is 32.2. The van der Waals surface area contributed by atoms with Crippen LogP contribution in [0.2, 0.25) is 0 Å². The summed E-state index contributed by atoms with van der Waals surface area (Å²) in [6, 6.07) is 4.70. The second-order valence-electron chi connectivity index (χ2n) is 6.36. The highest BCUT2D eigenvalue weighted by molar-refractivity contribution is 7.89. The number of nitrogens with one attached hydrogen (secondary N) is 1. The van der Waals surface area contributed by atoms with Gasteiger partial charge in [-0.05, 0) is 62.8 Å². The first kappa shape index (κ1) is 15.9. The van der Waals surface area contributed by atoms with Crippen molar-refractivity contribution in [3.63, 3.8) is 0 Å². The Kier molecular flexibility index (Phi) is 4.52. The lowest BCUT2D eigenvalue weighted by Crippen LogP contribution is -2.43. The van der Waals surface area contributed by atoms with Crippen molar-refractivity contribution in [2.75, 3.05) is 19.6 Å². The maximum absolute atomic E-state index is 13.7. The summed E-state index contributed by atoms with van der Waals surface area (Å²) in [4.78, 5) is 0.0630. The molecular formula is C16H23FN2O2S. The standard InChI is InChI=1S/C16H23FN2O2S/c1-12-4-5-14(11-15(12)17)22(20,21)19-9-6-13(7-10-19)16-3-2-8-18-16/h4-5,11,13,16,18H,2-3,6-10H2,1H3. The number of rotatable bonds is 3. The van der Waals surface area contributed by atoms with Crippen molar-refractivity contribution in [3.05, 3.63) is 29.6 Å². The Morgan fingerprint density at radius 1 is 1.23 bits per heavy atom. The lowest BCUT2D eigenvalue weighted by atomic mass is 9.89. The van der Waals surface area contributed by atoms with Crippen LogP contribution >= 0.6 is 0 Å². The Balaban J connectivity index is 1.70. The van der Waals surface area contributed by atoms with Crippen molar-refractivity contribution in [1.82, 2.24) is 9.62 Å². The Morgan fingerprint density at radius 2 is 1.95 bits per heavy atom. The molecule has 122 valence electrons. The van der Waals surface area contributed by atoms with Crippen LogP contribution in [0.4, 0.5) is 4.39 Å². The molecule has 0 radical (unpaired) electrons. The summed E-state index contributed by atoms with van der Waals surface area (Å²) in [5.41, 5.74) is 0.463. The van der Waals surface area contributed by atoms with Crippen molar-refractivity contribution in [3.8, 4) is 0 Å². The zero-order chi connectivity index (χ0) is 15.7. The highest BCUT2D eigenvalue weighted by Gasteiger charge is 2.33. The van der Waals surface area contributed by atoms with Gasteiger partial charge in [0.15, 0.2) is 0 Å². The summed E-state index contributed by atoms with van der Waals surface area (Å²) in [6.07, 6.45) is 4.17. The smallest absolute Gasteiger partial charge is 0.243 e. The van der Waals surface area contributed by atoms with Crippen molar-refractivity contribution in [2.24, 2.45) is 5.92 Å². The van der Waals surface area contributed by atoms with E-state index in [0.717, 1.165) is 25.5 Å². The lowest BCUT2D eigenvalue weighted by molar-refractivity contribution is 0.234. The number of hydrogen-bond acceptors (Lipinski definition) is 3. The van der Waals surface area contributed by atoms with Gasteiger partial charge >= 0.3 is 0 Å². The van der Waals surface area contributed by atoms with Gasteiger partial charge in [-0.15, -0.1) is 0 Å². The molecule has 0 bridgehead atoms. The van der Waals surface area contributed by atoms with Crippen LogP contribution in [0, 0.1) is 18.7 Å². The van der Waals surface area contributed by atoms with E-state index in [-0.39, 0.29) is 4.90 Å². The minimum absolute atomic E-state index is 0.0630. The van der Waals surface area contributed by atoms with Crippen LogP contribution in [0.3, 0.4) is 0 Å². The Morgan fingerprint density at radius 3 is 2.55 bits per heavy atom. The third-order valence-corrected chi connectivity index (χ3v) is 6.84. The van der Waals surface area contributed by atoms with Crippen molar-refractivity contribution >= 4 is 10.0 Å². The van der Waals surface area contributed by atoms with E-state index in [0.29, 0.717) is 30.6 Å². The number of benzene rings is 1. The topological polar surface area (TPSA) is 49.4 Å². The molecule has 1 aromatic rings. The van der Waals surface area contributed by atoms with Crippen molar-refractivity contribution < 1.29 is 12.8 Å². The minimum Gasteiger partial charge on any atom is -0.314 e. The zero-order valence-corrected chi connectivity index (χ0v) is 13.7. The van der Waals surface area contributed by atoms with Gasteiger partial charge in [-0.3, -0.25) is 0 Å². The van der Waals surface area contributed by atoms with Gasteiger partial charge in [0.2, 0.25) is 10.0 Å². The predicted octanol–water partition coefficient (Wildman–Crippen LogP) is 2.29. The van der Waals surface area contributed by atoms with Crippen LogP contribution in [-0.4, -0.2) is 38.4 Å². The van der Waals surface area contributed by atoms with Crippen LogP contribution in [-0.2, 0) is 10.0 Å². The number of hydrogen-bond donors (Lipinski definition) is 1. The molecule has 22 heavy (non-hydrogen) atoms. The van der Waals surface area contributed by atoms with Gasteiger partial charge in [0.05, 0.1) is 4.90 Å². The van der Waals surface area contributed by atoms with Gasteiger partial charge < -0.3 is 5.32 Å². The molecule has 4 nitrogen and oxygen atoms in total. The van der Waals surface area contributed by atoms with E-state index in [1.54, 1.807) is 6.92 Å². The molecule has 2 aliphatic rings. The molecule has 0 saturated carbocycles. The zero-order valence-electron chi connectivity index (χ0n) is 12.9. The van der Waals surface area contributed by atoms with E-state index >= 15 is 0 Å². The maximum atomic E-state index is 13.7. The van der Waals surface area contributed by atoms with Crippen LogP contribution < -0.4 is 5.32 Å². The van der Waals surface area contributed by atoms with Gasteiger partial charge in [0.1, 0.15) is 5.82 Å².